The van der Waals surface area contributed by atoms with Crippen LogP contribution < -0.4 is 4.74 Å². The van der Waals surface area contributed by atoms with Gasteiger partial charge in [0.2, 0.25) is 0 Å². The number of carbonyl (C=O) groups excluding carboxylic acids is 1. The molecular formula is C15H17ClO2. The molecule has 1 aromatic carbocycles. The third kappa shape index (κ3) is 1.93. The molecule has 18 heavy (non-hydrogen) atoms. The zero-order valence-electron chi connectivity index (χ0n) is 10.5. The highest BCUT2D eigenvalue weighted by molar-refractivity contribution is 6.32. The number of rotatable bonds is 3. The number of ether oxygens (including phenoxy) is 1. The van der Waals surface area contributed by atoms with Gasteiger partial charge in [-0.05, 0) is 49.3 Å². The van der Waals surface area contributed by atoms with Crippen LogP contribution in [0, 0.1) is 17.8 Å². The largest absolute Gasteiger partial charge is 0.495 e. The fourth-order valence-electron chi connectivity index (χ4n) is 3.59. The van der Waals surface area contributed by atoms with E-state index in [1.165, 1.54) is 19.3 Å². The molecule has 0 heterocycles. The molecule has 2 fully saturated rings. The number of methoxy groups -OCH3 is 1. The van der Waals surface area contributed by atoms with Gasteiger partial charge in [0.15, 0.2) is 5.78 Å². The van der Waals surface area contributed by atoms with E-state index in [0.717, 1.165) is 17.9 Å². The lowest BCUT2D eigenvalue weighted by molar-refractivity contribution is 0.0874. The number of carbonyl (C=O) groups is 1. The zero-order valence-corrected chi connectivity index (χ0v) is 11.2. The minimum atomic E-state index is 0.231. The average molecular weight is 265 g/mol. The van der Waals surface area contributed by atoms with Crippen molar-refractivity contribution in [1.82, 2.24) is 0 Å². The topological polar surface area (TPSA) is 26.3 Å². The van der Waals surface area contributed by atoms with E-state index in [0.29, 0.717) is 16.7 Å². The molecule has 0 saturated heterocycles. The highest BCUT2D eigenvalue weighted by Crippen LogP contribution is 2.49. The minimum Gasteiger partial charge on any atom is -0.495 e. The second-order valence-electron chi connectivity index (χ2n) is 5.49. The molecule has 2 bridgehead atoms. The molecular weight excluding hydrogens is 248 g/mol. The smallest absolute Gasteiger partial charge is 0.166 e. The second kappa shape index (κ2) is 4.58. The lowest BCUT2D eigenvalue weighted by atomic mass is 9.83. The van der Waals surface area contributed by atoms with Crippen molar-refractivity contribution in [2.75, 3.05) is 7.11 Å². The van der Waals surface area contributed by atoms with Gasteiger partial charge in [-0.1, -0.05) is 18.0 Å². The highest BCUT2D eigenvalue weighted by atomic mass is 35.5. The Balaban J connectivity index is 1.84. The molecule has 0 radical (unpaired) electrons. The Morgan fingerprint density at radius 2 is 2.17 bits per heavy atom. The molecule has 0 aliphatic heterocycles. The van der Waals surface area contributed by atoms with Crippen LogP contribution in [0.15, 0.2) is 18.2 Å². The maximum absolute atomic E-state index is 12.5. The monoisotopic (exact) mass is 264 g/mol. The fourth-order valence-corrected chi connectivity index (χ4v) is 3.79. The van der Waals surface area contributed by atoms with Crippen molar-refractivity contribution in [1.29, 1.82) is 0 Å². The summed E-state index contributed by atoms with van der Waals surface area (Å²) in [5.41, 5.74) is 0.744. The molecule has 0 amide bonds. The molecule has 1 aromatic rings. The highest BCUT2D eigenvalue weighted by Gasteiger charge is 2.43. The first kappa shape index (κ1) is 12.0. The first-order valence-electron chi connectivity index (χ1n) is 6.57. The Hall–Kier alpha value is -1.02. The summed E-state index contributed by atoms with van der Waals surface area (Å²) in [6.45, 7) is 0. The number of hydrogen-bond acceptors (Lipinski definition) is 2. The summed E-state index contributed by atoms with van der Waals surface area (Å²) in [6, 6.07) is 5.34. The molecule has 3 atom stereocenters. The third-order valence-electron chi connectivity index (χ3n) is 4.51. The van der Waals surface area contributed by atoms with Gasteiger partial charge >= 0.3 is 0 Å². The van der Waals surface area contributed by atoms with E-state index in [1.807, 2.05) is 6.07 Å². The van der Waals surface area contributed by atoms with Gasteiger partial charge in [0, 0.05) is 11.5 Å². The molecule has 0 aromatic heterocycles. The molecule has 2 aliphatic rings. The summed E-state index contributed by atoms with van der Waals surface area (Å²) in [5, 5.41) is 0.557. The molecule has 3 heteroatoms. The number of halogens is 1. The summed E-state index contributed by atoms with van der Waals surface area (Å²) in [7, 11) is 1.58. The maximum Gasteiger partial charge on any atom is 0.166 e. The van der Waals surface area contributed by atoms with Crippen LogP contribution in [0.25, 0.3) is 0 Å². The predicted octanol–water partition coefficient (Wildman–Crippen LogP) is 3.97. The first-order valence-corrected chi connectivity index (χ1v) is 6.94. The van der Waals surface area contributed by atoms with E-state index in [2.05, 4.69) is 0 Å². The number of Topliss-reactive ketones (excluding diaryl/α,β-unsaturated/α-hetero) is 1. The van der Waals surface area contributed by atoms with Crippen LogP contribution in [0.3, 0.4) is 0 Å². The Kier molecular flexibility index (Phi) is 3.06. The minimum absolute atomic E-state index is 0.231. The van der Waals surface area contributed by atoms with Crippen LogP contribution in [-0.2, 0) is 0 Å². The van der Waals surface area contributed by atoms with Crippen LogP contribution in [0.1, 0.15) is 36.0 Å². The van der Waals surface area contributed by atoms with Crippen molar-refractivity contribution < 1.29 is 9.53 Å². The Labute approximate surface area is 112 Å². The summed E-state index contributed by atoms with van der Waals surface area (Å²) >= 11 is 5.99. The summed E-state index contributed by atoms with van der Waals surface area (Å²) in [4.78, 5) is 12.5. The normalized spacial score (nSPS) is 29.6. The van der Waals surface area contributed by atoms with Gasteiger partial charge in [-0.3, -0.25) is 4.79 Å². The molecule has 2 nitrogen and oxygen atoms in total. The van der Waals surface area contributed by atoms with Crippen molar-refractivity contribution in [3.63, 3.8) is 0 Å². The van der Waals surface area contributed by atoms with Crippen molar-refractivity contribution in [3.05, 3.63) is 28.8 Å². The molecule has 3 unspecified atom stereocenters. The second-order valence-corrected chi connectivity index (χ2v) is 5.90. The molecule has 2 aliphatic carbocycles. The standard InChI is InChI=1S/C15H17ClO2/c1-18-14-8-11(4-5-13(14)16)15(17)12-7-9-2-3-10(12)6-9/h4-5,8-10,12H,2-3,6-7H2,1H3. The van der Waals surface area contributed by atoms with E-state index in [9.17, 15) is 4.79 Å². The van der Waals surface area contributed by atoms with Gasteiger partial charge in [-0.15, -0.1) is 0 Å². The van der Waals surface area contributed by atoms with Crippen LogP contribution in [0.4, 0.5) is 0 Å². The van der Waals surface area contributed by atoms with Crippen LogP contribution in [0.5, 0.6) is 5.75 Å². The molecule has 2 saturated carbocycles. The average Bonchev–Trinajstić information content (AvgIpc) is 3.00. The quantitative estimate of drug-likeness (QED) is 0.772. The molecule has 0 N–H and O–H groups in total. The van der Waals surface area contributed by atoms with Crippen LogP contribution in [0.2, 0.25) is 5.02 Å². The fraction of sp³-hybridized carbons (Fsp3) is 0.533. The molecule has 3 rings (SSSR count). The van der Waals surface area contributed by atoms with Gasteiger partial charge in [0.05, 0.1) is 12.1 Å². The number of fused-ring (bicyclic) bond motifs is 2. The summed E-state index contributed by atoms with van der Waals surface area (Å²) < 4.78 is 5.18. The number of ketones is 1. The zero-order chi connectivity index (χ0) is 12.7. The van der Waals surface area contributed by atoms with Gasteiger partial charge < -0.3 is 4.74 Å². The number of benzene rings is 1. The van der Waals surface area contributed by atoms with E-state index < -0.39 is 0 Å². The predicted molar refractivity (Wildman–Crippen MR) is 71.3 cm³/mol. The molecule has 0 spiro atoms. The van der Waals surface area contributed by atoms with Gasteiger partial charge in [0.25, 0.3) is 0 Å². The van der Waals surface area contributed by atoms with Crippen LogP contribution >= 0.6 is 11.6 Å². The van der Waals surface area contributed by atoms with Gasteiger partial charge in [-0.25, -0.2) is 0 Å². The Morgan fingerprint density at radius 1 is 1.33 bits per heavy atom. The lowest BCUT2D eigenvalue weighted by Gasteiger charge is -2.20. The van der Waals surface area contributed by atoms with E-state index in [-0.39, 0.29) is 11.7 Å². The van der Waals surface area contributed by atoms with E-state index in [1.54, 1.807) is 19.2 Å². The SMILES string of the molecule is COc1cc(C(=O)C2CC3CCC2C3)ccc1Cl. The van der Waals surface area contributed by atoms with Gasteiger partial charge in [-0.2, -0.15) is 0 Å². The van der Waals surface area contributed by atoms with Gasteiger partial charge in [0.1, 0.15) is 5.75 Å². The third-order valence-corrected chi connectivity index (χ3v) is 4.82. The maximum atomic E-state index is 12.5. The van der Waals surface area contributed by atoms with Crippen molar-refractivity contribution >= 4 is 17.4 Å². The summed E-state index contributed by atoms with van der Waals surface area (Å²) in [6.07, 6.45) is 4.87. The Bertz CT molecular complexity index is 483. The van der Waals surface area contributed by atoms with E-state index >= 15 is 0 Å². The van der Waals surface area contributed by atoms with Crippen LogP contribution in [-0.4, -0.2) is 12.9 Å². The van der Waals surface area contributed by atoms with Crippen molar-refractivity contribution in [2.45, 2.75) is 25.7 Å². The van der Waals surface area contributed by atoms with Crippen molar-refractivity contribution in [3.8, 4) is 5.75 Å². The van der Waals surface area contributed by atoms with E-state index in [4.69, 9.17) is 16.3 Å². The molecule has 96 valence electrons. The summed E-state index contributed by atoms with van der Waals surface area (Å²) in [5.74, 6) is 2.50. The van der Waals surface area contributed by atoms with Crippen molar-refractivity contribution in [2.24, 2.45) is 17.8 Å². The first-order chi connectivity index (χ1) is 8.69. The number of hydrogen-bond donors (Lipinski definition) is 0. The Morgan fingerprint density at radius 3 is 2.78 bits per heavy atom. The lowest BCUT2D eigenvalue weighted by Crippen LogP contribution is -2.21.